The van der Waals surface area contributed by atoms with Crippen LogP contribution in [0.5, 0.6) is 0 Å². The van der Waals surface area contributed by atoms with Gasteiger partial charge in [0, 0.05) is 49.4 Å². The Bertz CT molecular complexity index is 1230. The van der Waals surface area contributed by atoms with Gasteiger partial charge in [0.1, 0.15) is 11.5 Å². The van der Waals surface area contributed by atoms with Crippen LogP contribution in [0.15, 0.2) is 65.2 Å². The van der Waals surface area contributed by atoms with Gasteiger partial charge in [-0.15, -0.1) is 0 Å². The first-order valence-corrected chi connectivity index (χ1v) is 11.5. The summed E-state index contributed by atoms with van der Waals surface area (Å²) in [5.74, 6) is 2.45. The molecule has 1 N–H and O–H groups in total. The Morgan fingerprint density at radius 2 is 1.76 bits per heavy atom. The van der Waals surface area contributed by atoms with E-state index in [9.17, 15) is 0 Å². The van der Waals surface area contributed by atoms with Crippen molar-refractivity contribution in [2.75, 3.05) is 56.7 Å². The van der Waals surface area contributed by atoms with Gasteiger partial charge in [0.25, 0.3) is 0 Å². The maximum absolute atomic E-state index is 6.21. The number of nitrogens with zero attached hydrogens (tertiary/aromatic N) is 4. The summed E-state index contributed by atoms with van der Waals surface area (Å²) in [5, 5.41) is 3.48. The van der Waals surface area contributed by atoms with E-state index in [0.29, 0.717) is 19.2 Å². The number of anilines is 3. The van der Waals surface area contributed by atoms with Crippen LogP contribution in [0.4, 0.5) is 17.3 Å². The van der Waals surface area contributed by atoms with Gasteiger partial charge in [-0.25, -0.2) is 9.97 Å². The molecule has 4 aliphatic rings. The standard InChI is InChI=1S/C26H27N5O2/c1-30-11-13-31(14-12-30)22-7-3-2-6-21(22)28-26-27-15-20(19-16-32-17-19)25(29-26)24-10-9-18-5-4-8-23(18)33-24/h2-10,15,19H,11-14,16-17H2,1H3,(H,27,28,29). The molecule has 2 aromatic rings. The summed E-state index contributed by atoms with van der Waals surface area (Å²) in [6.45, 7) is 5.49. The number of likely N-dealkylation sites (N-methyl/N-ethyl adjacent to an activating group) is 1. The Labute approximate surface area is 193 Å². The van der Waals surface area contributed by atoms with Crippen molar-refractivity contribution in [3.05, 3.63) is 66.4 Å². The zero-order chi connectivity index (χ0) is 22.2. The Kier molecular flexibility index (Phi) is 5.20. The molecule has 33 heavy (non-hydrogen) atoms. The minimum Gasteiger partial charge on any atom is -0.454 e. The molecule has 7 nitrogen and oxygen atoms in total. The molecule has 0 amide bonds. The maximum Gasteiger partial charge on any atom is 0.227 e. The van der Waals surface area contributed by atoms with Gasteiger partial charge in [-0.2, -0.15) is 0 Å². The van der Waals surface area contributed by atoms with Crippen molar-refractivity contribution in [1.82, 2.24) is 14.9 Å². The van der Waals surface area contributed by atoms with Gasteiger partial charge in [-0.05, 0) is 37.4 Å². The van der Waals surface area contributed by atoms with E-state index in [0.717, 1.165) is 60.2 Å². The third-order valence-corrected chi connectivity index (χ3v) is 6.56. The molecular weight excluding hydrogens is 414 g/mol. The molecule has 0 spiro atoms. The van der Waals surface area contributed by atoms with Crippen molar-refractivity contribution in [1.29, 1.82) is 0 Å². The van der Waals surface area contributed by atoms with Crippen molar-refractivity contribution < 1.29 is 9.15 Å². The Morgan fingerprint density at radius 3 is 2.58 bits per heavy atom. The summed E-state index contributed by atoms with van der Waals surface area (Å²) < 4.78 is 11.7. The molecular formula is C26H27N5O2. The van der Waals surface area contributed by atoms with Gasteiger partial charge < -0.3 is 24.3 Å². The molecule has 2 saturated heterocycles. The van der Waals surface area contributed by atoms with Crippen LogP contribution in [-0.2, 0) is 4.74 Å². The number of aromatic nitrogens is 2. The minimum atomic E-state index is 0.289. The van der Waals surface area contributed by atoms with Crippen LogP contribution in [0.3, 0.4) is 0 Å². The number of benzene rings is 1. The number of hydrogen-bond acceptors (Lipinski definition) is 7. The fourth-order valence-corrected chi connectivity index (χ4v) is 4.48. The lowest BCUT2D eigenvalue weighted by Gasteiger charge is -2.35. The second-order valence-corrected chi connectivity index (χ2v) is 8.81. The minimum absolute atomic E-state index is 0.289. The van der Waals surface area contributed by atoms with Crippen LogP contribution >= 0.6 is 0 Å². The molecule has 0 unspecified atom stereocenters. The highest BCUT2D eigenvalue weighted by Crippen LogP contribution is 2.36. The third-order valence-electron chi connectivity index (χ3n) is 6.56. The van der Waals surface area contributed by atoms with Gasteiger partial charge in [0.15, 0.2) is 5.76 Å². The topological polar surface area (TPSA) is 66.7 Å². The maximum atomic E-state index is 6.21. The van der Waals surface area contributed by atoms with E-state index >= 15 is 0 Å². The predicted molar refractivity (Wildman–Crippen MR) is 129 cm³/mol. The van der Waals surface area contributed by atoms with Crippen LogP contribution in [-0.4, -0.2) is 61.3 Å². The van der Waals surface area contributed by atoms with Crippen molar-refractivity contribution in [3.63, 3.8) is 0 Å². The lowest BCUT2D eigenvalue weighted by atomic mass is 9.96. The number of hydrogen-bond donors (Lipinski definition) is 1. The molecule has 0 saturated carbocycles. The Hall–Kier alpha value is -3.42. The first-order valence-electron chi connectivity index (χ1n) is 11.5. The van der Waals surface area contributed by atoms with E-state index in [1.54, 1.807) is 0 Å². The zero-order valence-corrected chi connectivity index (χ0v) is 18.7. The number of para-hydroxylation sites is 2. The molecule has 2 fully saturated rings. The van der Waals surface area contributed by atoms with Crippen molar-refractivity contribution >= 4 is 17.3 Å². The molecule has 1 aliphatic carbocycles. The highest BCUT2D eigenvalue weighted by Gasteiger charge is 2.27. The highest BCUT2D eigenvalue weighted by molar-refractivity contribution is 5.74. The van der Waals surface area contributed by atoms with E-state index in [1.165, 1.54) is 5.69 Å². The van der Waals surface area contributed by atoms with Crippen LogP contribution < -0.4 is 10.2 Å². The Balaban J connectivity index is 1.35. The SMILES string of the molecule is CN1CCN(c2ccccc2Nc2ncc(C3COC3)c(-c3ccc4cccc-4o3)n2)CC1. The second kappa shape index (κ2) is 8.50. The van der Waals surface area contributed by atoms with E-state index < -0.39 is 0 Å². The fourth-order valence-electron chi connectivity index (χ4n) is 4.48. The van der Waals surface area contributed by atoms with Gasteiger partial charge in [0.2, 0.25) is 5.95 Å². The quantitative estimate of drug-likeness (QED) is 0.491. The number of piperazine rings is 1. The summed E-state index contributed by atoms with van der Waals surface area (Å²) in [7, 11) is 2.17. The smallest absolute Gasteiger partial charge is 0.227 e. The van der Waals surface area contributed by atoms with Crippen LogP contribution in [0.1, 0.15) is 11.5 Å². The van der Waals surface area contributed by atoms with Crippen molar-refractivity contribution in [2.24, 2.45) is 0 Å². The average Bonchev–Trinajstić information content (AvgIpc) is 3.28. The summed E-state index contributed by atoms with van der Waals surface area (Å²) in [6.07, 6.45) is 1.92. The molecule has 0 bridgehead atoms. The number of nitrogens with one attached hydrogen (secondary N) is 1. The normalized spacial score (nSPS) is 17.3. The van der Waals surface area contributed by atoms with E-state index in [2.05, 4.69) is 51.4 Å². The van der Waals surface area contributed by atoms with Crippen LogP contribution in [0.2, 0.25) is 0 Å². The number of rotatable bonds is 5. The third kappa shape index (κ3) is 3.94. The lowest BCUT2D eigenvalue weighted by molar-refractivity contribution is 0.00835. The van der Waals surface area contributed by atoms with Gasteiger partial charge >= 0.3 is 0 Å². The second-order valence-electron chi connectivity index (χ2n) is 8.81. The van der Waals surface area contributed by atoms with E-state index in [-0.39, 0.29) is 5.92 Å². The molecule has 3 aliphatic heterocycles. The van der Waals surface area contributed by atoms with Crippen LogP contribution in [0, 0.1) is 0 Å². The van der Waals surface area contributed by atoms with Gasteiger partial charge in [0.05, 0.1) is 24.6 Å². The highest BCUT2D eigenvalue weighted by atomic mass is 16.5. The molecule has 0 radical (unpaired) electrons. The summed E-state index contributed by atoms with van der Waals surface area (Å²) >= 11 is 0. The molecule has 4 heterocycles. The van der Waals surface area contributed by atoms with Crippen molar-refractivity contribution in [3.8, 4) is 22.8 Å². The largest absolute Gasteiger partial charge is 0.454 e. The molecule has 6 rings (SSSR count). The molecule has 1 aromatic heterocycles. The summed E-state index contributed by atoms with van der Waals surface area (Å²) in [5.41, 5.74) is 5.15. The Morgan fingerprint density at radius 1 is 0.909 bits per heavy atom. The monoisotopic (exact) mass is 441 g/mol. The summed E-state index contributed by atoms with van der Waals surface area (Å²) in [4.78, 5) is 14.4. The van der Waals surface area contributed by atoms with Gasteiger partial charge in [-0.1, -0.05) is 24.3 Å². The molecule has 1 aromatic carbocycles. The molecule has 7 heteroatoms. The fraction of sp³-hybridized carbons (Fsp3) is 0.308. The number of fused-ring (bicyclic) bond motifs is 1. The predicted octanol–water partition coefficient (Wildman–Crippen LogP) is 4.45. The zero-order valence-electron chi connectivity index (χ0n) is 18.7. The molecule has 168 valence electrons. The first-order chi connectivity index (χ1) is 16.2. The van der Waals surface area contributed by atoms with Crippen molar-refractivity contribution in [2.45, 2.75) is 5.92 Å². The van der Waals surface area contributed by atoms with Crippen LogP contribution in [0.25, 0.3) is 22.8 Å². The lowest BCUT2D eigenvalue weighted by Crippen LogP contribution is -2.44. The van der Waals surface area contributed by atoms with E-state index in [4.69, 9.17) is 14.1 Å². The van der Waals surface area contributed by atoms with Gasteiger partial charge in [-0.3, -0.25) is 0 Å². The number of ether oxygens (including phenoxy) is 1. The molecule has 0 atom stereocenters. The first kappa shape index (κ1) is 20.2. The average molecular weight is 442 g/mol. The summed E-state index contributed by atoms with van der Waals surface area (Å²) in [6, 6.07) is 18.5. The van der Waals surface area contributed by atoms with E-state index in [1.807, 2.05) is 36.5 Å².